The molecular formula is C17H13BrN2O4. The van der Waals surface area contributed by atoms with Gasteiger partial charge in [-0.1, -0.05) is 15.9 Å². The Hall–Kier alpha value is -2.72. The molecule has 0 saturated carbocycles. The Morgan fingerprint density at radius 2 is 2.12 bits per heavy atom. The molecule has 2 heterocycles. The van der Waals surface area contributed by atoms with Gasteiger partial charge in [0.05, 0.1) is 18.6 Å². The maximum absolute atomic E-state index is 12.4. The molecule has 24 heavy (non-hydrogen) atoms. The van der Waals surface area contributed by atoms with E-state index >= 15 is 0 Å². The molecule has 7 heteroatoms. The second kappa shape index (κ2) is 6.06. The van der Waals surface area contributed by atoms with Gasteiger partial charge < -0.3 is 19.6 Å². The fraction of sp³-hybridized carbons (Fsp3) is 0.176. The summed E-state index contributed by atoms with van der Waals surface area (Å²) in [6, 6.07) is 8.94. The zero-order valence-electron chi connectivity index (χ0n) is 12.9. The molecule has 1 aromatic heterocycles. The van der Waals surface area contributed by atoms with Gasteiger partial charge in [0.2, 0.25) is 5.88 Å². The van der Waals surface area contributed by atoms with Gasteiger partial charge in [0.25, 0.3) is 0 Å². The first-order chi connectivity index (χ1) is 11.5. The molecule has 0 aliphatic carbocycles. The van der Waals surface area contributed by atoms with Crippen LogP contribution in [0.2, 0.25) is 0 Å². The van der Waals surface area contributed by atoms with E-state index in [9.17, 15) is 10.1 Å². The minimum Gasteiger partial charge on any atom is -0.496 e. The van der Waals surface area contributed by atoms with Crippen LogP contribution in [0, 0.1) is 18.3 Å². The van der Waals surface area contributed by atoms with Gasteiger partial charge >= 0.3 is 5.63 Å². The smallest absolute Gasteiger partial charge is 0.343 e. The standard InChI is InChI=1S/C17H13BrN2O4/c1-8-5-13-15(17(21)23-8)14(11(7-19)16(20)24-13)10-6-9(18)3-4-12(10)22-2/h3-6,14H,20H2,1-2H3. The number of ether oxygens (including phenoxy) is 2. The van der Waals surface area contributed by atoms with Crippen LogP contribution >= 0.6 is 15.9 Å². The van der Waals surface area contributed by atoms with Crippen molar-refractivity contribution in [2.24, 2.45) is 5.73 Å². The van der Waals surface area contributed by atoms with Gasteiger partial charge in [-0.25, -0.2) is 4.79 Å². The number of nitrogens with zero attached hydrogens (tertiary/aromatic N) is 1. The lowest BCUT2D eigenvalue weighted by Crippen LogP contribution is -2.26. The van der Waals surface area contributed by atoms with Crippen molar-refractivity contribution >= 4 is 15.9 Å². The van der Waals surface area contributed by atoms with Crippen LogP contribution in [-0.4, -0.2) is 7.11 Å². The summed E-state index contributed by atoms with van der Waals surface area (Å²) in [6.45, 7) is 1.64. The van der Waals surface area contributed by atoms with E-state index in [1.54, 1.807) is 31.2 Å². The van der Waals surface area contributed by atoms with Crippen molar-refractivity contribution < 1.29 is 13.9 Å². The Labute approximate surface area is 146 Å². The van der Waals surface area contributed by atoms with E-state index in [0.29, 0.717) is 17.1 Å². The van der Waals surface area contributed by atoms with Crippen molar-refractivity contribution in [3.05, 3.63) is 67.5 Å². The summed E-state index contributed by atoms with van der Waals surface area (Å²) < 4.78 is 16.8. The van der Waals surface area contributed by atoms with Gasteiger partial charge in [-0.2, -0.15) is 5.26 Å². The number of halogens is 1. The number of fused-ring (bicyclic) bond motifs is 1. The summed E-state index contributed by atoms with van der Waals surface area (Å²) in [6.07, 6.45) is 0. The molecule has 1 unspecified atom stereocenters. The van der Waals surface area contributed by atoms with Crippen molar-refractivity contribution in [2.45, 2.75) is 12.8 Å². The number of benzene rings is 1. The molecule has 0 amide bonds. The molecule has 6 nitrogen and oxygen atoms in total. The summed E-state index contributed by atoms with van der Waals surface area (Å²) in [7, 11) is 1.52. The topological polar surface area (TPSA) is 98.5 Å². The van der Waals surface area contributed by atoms with Gasteiger partial charge in [0, 0.05) is 16.1 Å². The highest BCUT2D eigenvalue weighted by molar-refractivity contribution is 9.10. The quantitative estimate of drug-likeness (QED) is 0.848. The molecular weight excluding hydrogens is 376 g/mol. The maximum atomic E-state index is 12.4. The molecule has 1 aliphatic heterocycles. The van der Waals surface area contributed by atoms with Crippen molar-refractivity contribution in [2.75, 3.05) is 7.11 Å². The highest BCUT2D eigenvalue weighted by atomic mass is 79.9. The fourth-order valence-electron chi connectivity index (χ4n) is 2.76. The number of nitriles is 1. The minimum atomic E-state index is -0.733. The Bertz CT molecular complexity index is 956. The number of hydrogen-bond acceptors (Lipinski definition) is 6. The number of methoxy groups -OCH3 is 1. The monoisotopic (exact) mass is 388 g/mol. The van der Waals surface area contributed by atoms with E-state index in [0.717, 1.165) is 4.47 Å². The lowest BCUT2D eigenvalue weighted by Gasteiger charge is -2.26. The average molecular weight is 389 g/mol. The Morgan fingerprint density at radius 3 is 2.79 bits per heavy atom. The molecule has 0 spiro atoms. The Kier molecular flexibility index (Phi) is 4.08. The summed E-state index contributed by atoms with van der Waals surface area (Å²) in [5, 5.41) is 9.54. The molecule has 0 radical (unpaired) electrons. The van der Waals surface area contributed by atoms with Gasteiger partial charge in [-0.05, 0) is 25.1 Å². The van der Waals surface area contributed by atoms with Crippen molar-refractivity contribution in [1.29, 1.82) is 5.26 Å². The molecule has 3 rings (SSSR count). The summed E-state index contributed by atoms with van der Waals surface area (Å²) in [4.78, 5) is 12.4. The van der Waals surface area contributed by atoms with E-state index in [-0.39, 0.29) is 22.8 Å². The Balaban J connectivity index is 2.37. The minimum absolute atomic E-state index is 0.0398. The van der Waals surface area contributed by atoms with Crippen LogP contribution in [0.25, 0.3) is 0 Å². The summed E-state index contributed by atoms with van der Waals surface area (Å²) >= 11 is 3.40. The zero-order valence-corrected chi connectivity index (χ0v) is 14.5. The number of rotatable bonds is 2. The van der Waals surface area contributed by atoms with Crippen LogP contribution in [0.3, 0.4) is 0 Å². The SMILES string of the molecule is COc1ccc(Br)cc1C1C(C#N)=C(N)Oc2cc(C)oc(=O)c21. The summed E-state index contributed by atoms with van der Waals surface area (Å²) in [5.74, 6) is 0.431. The third-order valence-electron chi connectivity index (χ3n) is 3.76. The first-order valence-corrected chi connectivity index (χ1v) is 7.81. The number of allylic oxidation sites excluding steroid dienone is 1. The molecule has 1 aliphatic rings. The van der Waals surface area contributed by atoms with Gasteiger partial charge in [0.1, 0.15) is 28.9 Å². The first-order valence-electron chi connectivity index (χ1n) is 7.02. The van der Waals surface area contributed by atoms with Crippen LogP contribution in [0.1, 0.15) is 22.8 Å². The normalized spacial score (nSPS) is 16.2. The van der Waals surface area contributed by atoms with Crippen LogP contribution in [0.15, 0.2) is 49.4 Å². The highest BCUT2D eigenvalue weighted by Gasteiger charge is 2.36. The second-order valence-electron chi connectivity index (χ2n) is 5.23. The van der Waals surface area contributed by atoms with Crippen molar-refractivity contribution in [3.8, 4) is 17.6 Å². The fourth-order valence-corrected chi connectivity index (χ4v) is 3.14. The van der Waals surface area contributed by atoms with E-state index in [1.807, 2.05) is 6.07 Å². The predicted molar refractivity (Wildman–Crippen MR) is 89.7 cm³/mol. The number of nitrogens with two attached hydrogens (primary N) is 1. The van der Waals surface area contributed by atoms with E-state index in [4.69, 9.17) is 19.6 Å². The molecule has 1 aromatic carbocycles. The molecule has 0 fully saturated rings. The molecule has 0 bridgehead atoms. The average Bonchev–Trinajstić information content (AvgIpc) is 2.53. The molecule has 2 N–H and O–H groups in total. The lowest BCUT2D eigenvalue weighted by atomic mass is 9.84. The Morgan fingerprint density at radius 1 is 1.38 bits per heavy atom. The van der Waals surface area contributed by atoms with Crippen molar-refractivity contribution in [3.63, 3.8) is 0 Å². The first kappa shape index (κ1) is 16.1. The van der Waals surface area contributed by atoms with Gasteiger partial charge in [-0.3, -0.25) is 0 Å². The van der Waals surface area contributed by atoms with Crippen LogP contribution < -0.4 is 20.8 Å². The molecule has 122 valence electrons. The third kappa shape index (κ3) is 2.55. The lowest BCUT2D eigenvalue weighted by molar-refractivity contribution is 0.367. The maximum Gasteiger partial charge on any atom is 0.343 e. The van der Waals surface area contributed by atoms with Crippen molar-refractivity contribution in [1.82, 2.24) is 0 Å². The third-order valence-corrected chi connectivity index (χ3v) is 4.25. The number of hydrogen-bond donors (Lipinski definition) is 1. The van der Waals surface area contributed by atoms with Gasteiger partial charge in [-0.15, -0.1) is 0 Å². The number of aryl methyl sites for hydroxylation is 1. The zero-order chi connectivity index (χ0) is 17.4. The second-order valence-corrected chi connectivity index (χ2v) is 6.15. The van der Waals surface area contributed by atoms with E-state index < -0.39 is 11.5 Å². The van der Waals surface area contributed by atoms with Crippen LogP contribution in [0.4, 0.5) is 0 Å². The highest BCUT2D eigenvalue weighted by Crippen LogP contribution is 2.44. The predicted octanol–water partition coefficient (Wildman–Crippen LogP) is 2.94. The van der Waals surface area contributed by atoms with E-state index in [1.165, 1.54) is 7.11 Å². The van der Waals surface area contributed by atoms with E-state index in [2.05, 4.69) is 15.9 Å². The largest absolute Gasteiger partial charge is 0.496 e. The molecule has 1 atom stereocenters. The van der Waals surface area contributed by atoms with Gasteiger partial charge in [0.15, 0.2) is 0 Å². The molecule has 0 saturated heterocycles. The summed E-state index contributed by atoms with van der Waals surface area (Å²) in [5.41, 5.74) is 6.32. The van der Waals surface area contributed by atoms with Crippen LogP contribution in [-0.2, 0) is 0 Å². The van der Waals surface area contributed by atoms with Crippen LogP contribution in [0.5, 0.6) is 11.5 Å². The molecule has 2 aromatic rings.